The van der Waals surface area contributed by atoms with Gasteiger partial charge in [0.2, 0.25) is 5.91 Å². The highest BCUT2D eigenvalue weighted by Crippen LogP contribution is 2.40. The quantitative estimate of drug-likeness (QED) is 0.537. The lowest BCUT2D eigenvalue weighted by Crippen LogP contribution is -2.28. The number of carbonyl (C=O) groups excluding carboxylic acids is 1. The van der Waals surface area contributed by atoms with Crippen molar-refractivity contribution in [3.8, 4) is 16.9 Å². The number of amides is 1. The van der Waals surface area contributed by atoms with Gasteiger partial charge < -0.3 is 14.5 Å². The minimum Gasteiger partial charge on any atom is -0.496 e. The fourth-order valence-corrected chi connectivity index (χ4v) is 3.45. The lowest BCUT2D eigenvalue weighted by molar-refractivity contribution is -0.116. The van der Waals surface area contributed by atoms with E-state index in [-0.39, 0.29) is 11.9 Å². The zero-order valence-electron chi connectivity index (χ0n) is 16.7. The molecule has 0 aliphatic rings. The Labute approximate surface area is 170 Å². The Morgan fingerprint density at radius 2 is 1.93 bits per heavy atom. The molecule has 0 atom stereocenters. The van der Waals surface area contributed by atoms with Crippen molar-refractivity contribution < 1.29 is 13.9 Å². The summed E-state index contributed by atoms with van der Waals surface area (Å²) in [6.07, 6.45) is 3.35. The maximum absolute atomic E-state index is 12.2. The summed E-state index contributed by atoms with van der Waals surface area (Å²) < 4.78 is 11.5. The number of hydrogen-bond donors (Lipinski definition) is 1. The standard InChI is InChI=1S/C23H24ClNO3/c1-13(2)25-21(26)10-14(3)18-11-19-20(16-6-8-17(24)9-7-16)12-28-23(19)15(4)22(18)27-5/h6-13H,1-5H3,(H,25,26)/b14-10+. The Morgan fingerprint density at radius 1 is 1.25 bits per heavy atom. The van der Waals surface area contributed by atoms with Crippen LogP contribution in [0.15, 0.2) is 47.1 Å². The third kappa shape index (κ3) is 3.92. The van der Waals surface area contributed by atoms with E-state index in [1.54, 1.807) is 19.4 Å². The van der Waals surface area contributed by atoms with Gasteiger partial charge in [0, 0.05) is 39.2 Å². The van der Waals surface area contributed by atoms with E-state index in [0.717, 1.165) is 38.8 Å². The molecular weight excluding hydrogens is 374 g/mol. The third-order valence-electron chi connectivity index (χ3n) is 4.61. The first kappa shape index (κ1) is 20.0. The Hall–Kier alpha value is -2.72. The molecule has 0 aliphatic heterocycles. The lowest BCUT2D eigenvalue weighted by atomic mass is 9.96. The second-order valence-corrected chi connectivity index (χ2v) is 7.54. The molecule has 0 spiro atoms. The predicted molar refractivity (Wildman–Crippen MR) is 115 cm³/mol. The van der Waals surface area contributed by atoms with E-state index < -0.39 is 0 Å². The number of methoxy groups -OCH3 is 1. The van der Waals surface area contributed by atoms with Crippen LogP contribution in [0.1, 0.15) is 31.9 Å². The van der Waals surface area contributed by atoms with Crippen LogP contribution in [0.5, 0.6) is 5.75 Å². The number of ether oxygens (including phenoxy) is 1. The number of carbonyl (C=O) groups is 1. The van der Waals surface area contributed by atoms with Crippen LogP contribution in [0.25, 0.3) is 27.7 Å². The van der Waals surface area contributed by atoms with Crippen molar-refractivity contribution >= 4 is 34.1 Å². The summed E-state index contributed by atoms with van der Waals surface area (Å²) in [4.78, 5) is 12.2. The summed E-state index contributed by atoms with van der Waals surface area (Å²) >= 11 is 6.02. The van der Waals surface area contributed by atoms with Crippen molar-refractivity contribution in [2.45, 2.75) is 33.7 Å². The van der Waals surface area contributed by atoms with E-state index in [1.165, 1.54) is 0 Å². The second kappa shape index (κ2) is 8.11. The van der Waals surface area contributed by atoms with Gasteiger partial charge in [0.1, 0.15) is 11.3 Å². The van der Waals surface area contributed by atoms with E-state index in [9.17, 15) is 4.79 Å². The van der Waals surface area contributed by atoms with Gasteiger partial charge >= 0.3 is 0 Å². The SMILES string of the molecule is COc1c(/C(C)=C/C(=O)NC(C)C)cc2c(-c3ccc(Cl)cc3)coc2c1C. The minimum atomic E-state index is -0.127. The number of hydrogen-bond acceptors (Lipinski definition) is 3. The summed E-state index contributed by atoms with van der Waals surface area (Å²) in [5.41, 5.74) is 5.33. The first-order valence-electron chi connectivity index (χ1n) is 9.15. The van der Waals surface area contributed by atoms with Crippen LogP contribution in [0.2, 0.25) is 5.02 Å². The van der Waals surface area contributed by atoms with Crippen molar-refractivity contribution in [2.75, 3.05) is 7.11 Å². The van der Waals surface area contributed by atoms with Gasteiger partial charge in [-0.3, -0.25) is 4.79 Å². The summed E-state index contributed by atoms with van der Waals surface area (Å²) in [6.45, 7) is 7.73. The molecule has 0 saturated heterocycles. The van der Waals surface area contributed by atoms with Gasteiger partial charge in [-0.05, 0) is 57.0 Å². The van der Waals surface area contributed by atoms with Crippen molar-refractivity contribution in [1.29, 1.82) is 0 Å². The number of fused-ring (bicyclic) bond motifs is 1. The van der Waals surface area contributed by atoms with Crippen LogP contribution in [0.3, 0.4) is 0 Å². The molecule has 4 nitrogen and oxygen atoms in total. The van der Waals surface area contributed by atoms with Crippen LogP contribution in [0.4, 0.5) is 0 Å². The first-order chi connectivity index (χ1) is 13.3. The number of aryl methyl sites for hydroxylation is 1. The van der Waals surface area contributed by atoms with Crippen LogP contribution in [-0.2, 0) is 4.79 Å². The molecule has 28 heavy (non-hydrogen) atoms. The second-order valence-electron chi connectivity index (χ2n) is 7.11. The van der Waals surface area contributed by atoms with E-state index in [1.807, 2.05) is 58.0 Å². The number of furan rings is 1. The molecule has 1 heterocycles. The summed E-state index contributed by atoms with van der Waals surface area (Å²) in [5.74, 6) is 0.577. The zero-order valence-corrected chi connectivity index (χ0v) is 17.5. The molecule has 3 rings (SSSR count). The maximum atomic E-state index is 12.2. The van der Waals surface area contributed by atoms with Gasteiger partial charge in [-0.1, -0.05) is 23.7 Å². The molecule has 0 saturated carbocycles. The van der Waals surface area contributed by atoms with E-state index >= 15 is 0 Å². The van der Waals surface area contributed by atoms with Crippen molar-refractivity contribution in [3.63, 3.8) is 0 Å². The molecule has 1 aromatic heterocycles. The molecule has 1 amide bonds. The van der Waals surface area contributed by atoms with Gasteiger partial charge in [-0.2, -0.15) is 0 Å². The monoisotopic (exact) mass is 397 g/mol. The van der Waals surface area contributed by atoms with Gasteiger partial charge in [-0.15, -0.1) is 0 Å². The number of halogens is 1. The summed E-state index contributed by atoms with van der Waals surface area (Å²) in [7, 11) is 1.63. The highest BCUT2D eigenvalue weighted by Gasteiger charge is 2.18. The molecule has 0 radical (unpaired) electrons. The molecule has 0 fully saturated rings. The Balaban J connectivity index is 2.17. The van der Waals surface area contributed by atoms with Crippen molar-refractivity contribution in [1.82, 2.24) is 5.32 Å². The fraction of sp³-hybridized carbons (Fsp3) is 0.261. The minimum absolute atomic E-state index is 0.0769. The Bertz CT molecular complexity index is 1050. The Kier molecular flexibility index (Phi) is 5.80. The summed E-state index contributed by atoms with van der Waals surface area (Å²) in [6, 6.07) is 9.73. The molecule has 1 N–H and O–H groups in total. The van der Waals surface area contributed by atoms with Crippen LogP contribution >= 0.6 is 11.6 Å². The van der Waals surface area contributed by atoms with E-state index in [0.29, 0.717) is 10.8 Å². The highest BCUT2D eigenvalue weighted by atomic mass is 35.5. The van der Waals surface area contributed by atoms with Crippen LogP contribution < -0.4 is 10.1 Å². The Morgan fingerprint density at radius 3 is 2.54 bits per heavy atom. The topological polar surface area (TPSA) is 51.5 Å². The smallest absolute Gasteiger partial charge is 0.244 e. The molecule has 3 aromatic rings. The average Bonchev–Trinajstić information content (AvgIpc) is 3.05. The highest BCUT2D eigenvalue weighted by molar-refractivity contribution is 6.30. The molecular formula is C23H24ClNO3. The zero-order chi connectivity index (χ0) is 20.4. The third-order valence-corrected chi connectivity index (χ3v) is 4.86. The van der Waals surface area contributed by atoms with E-state index in [4.69, 9.17) is 20.8 Å². The lowest BCUT2D eigenvalue weighted by Gasteiger charge is -2.14. The predicted octanol–water partition coefficient (Wildman–Crippen LogP) is 6.00. The van der Waals surface area contributed by atoms with Crippen LogP contribution in [-0.4, -0.2) is 19.1 Å². The molecule has 0 bridgehead atoms. The number of rotatable bonds is 5. The number of allylic oxidation sites excluding steroid dienone is 1. The van der Waals surface area contributed by atoms with Crippen molar-refractivity contribution in [2.24, 2.45) is 0 Å². The van der Waals surface area contributed by atoms with Gasteiger partial charge in [-0.25, -0.2) is 0 Å². The molecule has 5 heteroatoms. The molecule has 0 aliphatic carbocycles. The van der Waals surface area contributed by atoms with E-state index in [2.05, 4.69) is 5.32 Å². The number of nitrogens with one attached hydrogen (secondary N) is 1. The van der Waals surface area contributed by atoms with Gasteiger partial charge in [0.15, 0.2) is 0 Å². The fourth-order valence-electron chi connectivity index (χ4n) is 3.33. The molecule has 146 valence electrons. The maximum Gasteiger partial charge on any atom is 0.244 e. The molecule has 2 aromatic carbocycles. The van der Waals surface area contributed by atoms with Crippen molar-refractivity contribution in [3.05, 3.63) is 58.8 Å². The average molecular weight is 398 g/mol. The summed E-state index contributed by atoms with van der Waals surface area (Å²) in [5, 5.41) is 4.53. The van der Waals surface area contributed by atoms with Gasteiger partial charge in [0.05, 0.1) is 13.4 Å². The largest absolute Gasteiger partial charge is 0.496 e. The van der Waals surface area contributed by atoms with Gasteiger partial charge in [0.25, 0.3) is 0 Å². The normalized spacial score (nSPS) is 11.9. The van der Waals surface area contributed by atoms with Crippen LogP contribution in [0, 0.1) is 6.92 Å². The number of benzene rings is 2. The first-order valence-corrected chi connectivity index (χ1v) is 9.53. The molecule has 0 unspecified atom stereocenters.